The molecular weight excluding hydrogens is 266 g/mol. The zero-order valence-electron chi connectivity index (χ0n) is 16.1. The summed E-state index contributed by atoms with van der Waals surface area (Å²) in [6.45, 7) is 6.57. The lowest BCUT2D eigenvalue weighted by Gasteiger charge is -2.17. The molecule has 1 nitrogen and oxygen atoms in total. The van der Waals surface area contributed by atoms with Gasteiger partial charge in [-0.1, -0.05) is 110 Å². The van der Waals surface area contributed by atoms with Crippen molar-refractivity contribution in [3.8, 4) is 0 Å². The highest BCUT2D eigenvalue weighted by Gasteiger charge is 2.08. The van der Waals surface area contributed by atoms with E-state index >= 15 is 0 Å². The van der Waals surface area contributed by atoms with Crippen LogP contribution >= 0.6 is 0 Å². The number of hydrogen-bond acceptors (Lipinski definition) is 1. The molecule has 0 amide bonds. The maximum Gasteiger partial charge on any atom is 0.00970 e. The lowest BCUT2D eigenvalue weighted by atomic mass is 9.97. The van der Waals surface area contributed by atoms with Crippen LogP contribution in [0.25, 0.3) is 0 Å². The summed E-state index contributed by atoms with van der Waals surface area (Å²) in [5.74, 6) is 0. The molecule has 1 heteroatoms. The topological polar surface area (TPSA) is 26.0 Å². The first-order valence-electron chi connectivity index (χ1n) is 10.3. The second-order valence-corrected chi connectivity index (χ2v) is 8.04. The molecule has 0 unspecified atom stereocenters. The number of rotatable bonds is 17. The Morgan fingerprint density at radius 2 is 0.773 bits per heavy atom. The number of hydrogen-bond donors (Lipinski definition) is 1. The molecule has 0 aromatic rings. The van der Waals surface area contributed by atoms with Crippen molar-refractivity contribution in [1.82, 2.24) is 0 Å². The Morgan fingerprint density at radius 3 is 1.05 bits per heavy atom. The van der Waals surface area contributed by atoms with Crippen LogP contribution in [0.4, 0.5) is 0 Å². The van der Waals surface area contributed by atoms with Gasteiger partial charge in [0.2, 0.25) is 0 Å². The molecule has 0 saturated heterocycles. The molecule has 0 radical (unpaired) electrons. The Hall–Kier alpha value is -0.0400. The summed E-state index contributed by atoms with van der Waals surface area (Å²) in [7, 11) is 0. The van der Waals surface area contributed by atoms with Gasteiger partial charge >= 0.3 is 0 Å². The van der Waals surface area contributed by atoms with Crippen molar-refractivity contribution in [1.29, 1.82) is 0 Å². The van der Waals surface area contributed by atoms with E-state index in [-0.39, 0.29) is 5.54 Å². The Bertz CT molecular complexity index is 204. The highest BCUT2D eigenvalue weighted by molar-refractivity contribution is 4.70. The Balaban J connectivity index is 3.00. The van der Waals surface area contributed by atoms with Crippen molar-refractivity contribution in [2.75, 3.05) is 0 Å². The van der Waals surface area contributed by atoms with Gasteiger partial charge in [0.05, 0.1) is 0 Å². The molecule has 0 bridgehead atoms. The van der Waals surface area contributed by atoms with E-state index in [9.17, 15) is 0 Å². The summed E-state index contributed by atoms with van der Waals surface area (Å²) in [4.78, 5) is 0. The third-order valence-corrected chi connectivity index (χ3v) is 4.67. The van der Waals surface area contributed by atoms with Crippen LogP contribution in [0.15, 0.2) is 0 Å². The SMILES string of the molecule is CCCCCCCCCCCCCCCCCCC(C)(C)N. The molecule has 2 N–H and O–H groups in total. The molecular formula is C21H45N. The van der Waals surface area contributed by atoms with E-state index in [1.807, 2.05) is 0 Å². The van der Waals surface area contributed by atoms with Gasteiger partial charge in [-0.15, -0.1) is 0 Å². The minimum atomic E-state index is 0.0377. The van der Waals surface area contributed by atoms with Crippen molar-refractivity contribution in [3.05, 3.63) is 0 Å². The maximum absolute atomic E-state index is 6.00. The average Bonchev–Trinajstić information content (AvgIpc) is 2.45. The van der Waals surface area contributed by atoms with Gasteiger partial charge in [-0.2, -0.15) is 0 Å². The molecule has 0 aliphatic rings. The van der Waals surface area contributed by atoms with Crippen LogP contribution in [0.5, 0.6) is 0 Å². The van der Waals surface area contributed by atoms with Crippen molar-refractivity contribution >= 4 is 0 Å². The molecule has 0 aromatic heterocycles. The third-order valence-electron chi connectivity index (χ3n) is 4.67. The molecule has 0 rings (SSSR count). The van der Waals surface area contributed by atoms with Crippen LogP contribution in [0.2, 0.25) is 0 Å². The molecule has 0 aliphatic heterocycles. The highest BCUT2D eigenvalue weighted by atomic mass is 14.7. The second kappa shape index (κ2) is 15.8. The Labute approximate surface area is 141 Å². The van der Waals surface area contributed by atoms with Gasteiger partial charge in [0.1, 0.15) is 0 Å². The van der Waals surface area contributed by atoms with E-state index < -0.39 is 0 Å². The summed E-state index contributed by atoms with van der Waals surface area (Å²) in [5, 5.41) is 0. The predicted octanol–water partition coefficient (Wildman–Crippen LogP) is 7.38. The summed E-state index contributed by atoms with van der Waals surface area (Å²) in [5.41, 5.74) is 6.03. The summed E-state index contributed by atoms with van der Waals surface area (Å²) in [6, 6.07) is 0. The molecule has 22 heavy (non-hydrogen) atoms. The molecule has 134 valence electrons. The first kappa shape index (κ1) is 22.0. The predicted molar refractivity (Wildman–Crippen MR) is 102 cm³/mol. The van der Waals surface area contributed by atoms with E-state index in [4.69, 9.17) is 5.73 Å². The summed E-state index contributed by atoms with van der Waals surface area (Å²) >= 11 is 0. The highest BCUT2D eigenvalue weighted by Crippen LogP contribution is 2.15. The van der Waals surface area contributed by atoms with Crippen LogP contribution in [0, 0.1) is 0 Å². The van der Waals surface area contributed by atoms with Crippen LogP contribution in [-0.4, -0.2) is 5.54 Å². The fraction of sp³-hybridized carbons (Fsp3) is 1.00. The Kier molecular flexibility index (Phi) is 15.8. The fourth-order valence-electron chi connectivity index (χ4n) is 3.13. The first-order valence-corrected chi connectivity index (χ1v) is 10.3. The Morgan fingerprint density at radius 1 is 0.500 bits per heavy atom. The van der Waals surface area contributed by atoms with Crippen LogP contribution in [0.1, 0.15) is 130 Å². The van der Waals surface area contributed by atoms with Gasteiger partial charge < -0.3 is 5.73 Å². The zero-order valence-corrected chi connectivity index (χ0v) is 16.1. The van der Waals surface area contributed by atoms with Crippen molar-refractivity contribution in [2.24, 2.45) is 5.73 Å². The molecule has 0 atom stereocenters. The maximum atomic E-state index is 6.00. The summed E-state index contributed by atoms with van der Waals surface area (Å²) < 4.78 is 0. The van der Waals surface area contributed by atoms with Crippen LogP contribution in [0.3, 0.4) is 0 Å². The second-order valence-electron chi connectivity index (χ2n) is 8.04. The van der Waals surface area contributed by atoms with Crippen LogP contribution < -0.4 is 5.73 Å². The lowest BCUT2D eigenvalue weighted by molar-refractivity contribution is 0.440. The van der Waals surface area contributed by atoms with Crippen LogP contribution in [-0.2, 0) is 0 Å². The lowest BCUT2D eigenvalue weighted by Crippen LogP contribution is -2.31. The number of nitrogens with two attached hydrogens (primary N) is 1. The van der Waals surface area contributed by atoms with Crippen molar-refractivity contribution in [2.45, 2.75) is 135 Å². The zero-order chi connectivity index (χ0) is 16.5. The van der Waals surface area contributed by atoms with Gasteiger partial charge in [-0.3, -0.25) is 0 Å². The number of unbranched alkanes of at least 4 members (excludes halogenated alkanes) is 15. The van der Waals surface area contributed by atoms with E-state index in [2.05, 4.69) is 20.8 Å². The first-order chi connectivity index (χ1) is 10.6. The normalized spacial score (nSPS) is 12.0. The van der Waals surface area contributed by atoms with Gasteiger partial charge in [0, 0.05) is 5.54 Å². The largest absolute Gasteiger partial charge is 0.326 e. The monoisotopic (exact) mass is 311 g/mol. The van der Waals surface area contributed by atoms with Crippen molar-refractivity contribution < 1.29 is 0 Å². The summed E-state index contributed by atoms with van der Waals surface area (Å²) in [6.07, 6.45) is 24.1. The van der Waals surface area contributed by atoms with E-state index in [1.54, 1.807) is 0 Å². The molecule has 0 saturated carbocycles. The van der Waals surface area contributed by atoms with E-state index in [1.165, 1.54) is 109 Å². The van der Waals surface area contributed by atoms with Gasteiger partial charge in [-0.05, 0) is 20.3 Å². The standard InChI is InChI=1S/C21H45N/c1-4-5-6-7-8-9-10-11-12-13-14-15-16-17-18-19-20-21(2,3)22/h4-20,22H2,1-3H3. The van der Waals surface area contributed by atoms with E-state index in [0.717, 1.165) is 0 Å². The molecule has 0 heterocycles. The average molecular weight is 312 g/mol. The van der Waals surface area contributed by atoms with Gasteiger partial charge in [0.25, 0.3) is 0 Å². The van der Waals surface area contributed by atoms with Crippen molar-refractivity contribution in [3.63, 3.8) is 0 Å². The minimum Gasteiger partial charge on any atom is -0.326 e. The molecule has 0 fully saturated rings. The van der Waals surface area contributed by atoms with Gasteiger partial charge in [-0.25, -0.2) is 0 Å². The molecule has 0 aromatic carbocycles. The molecule has 0 aliphatic carbocycles. The third kappa shape index (κ3) is 20.0. The molecule has 0 spiro atoms. The van der Waals surface area contributed by atoms with E-state index in [0.29, 0.717) is 0 Å². The fourth-order valence-corrected chi connectivity index (χ4v) is 3.13. The smallest absolute Gasteiger partial charge is 0.00970 e. The van der Waals surface area contributed by atoms with Gasteiger partial charge in [0.15, 0.2) is 0 Å². The minimum absolute atomic E-state index is 0.0377. The quantitative estimate of drug-likeness (QED) is 0.279.